The molecule has 2 N–H and O–H groups in total. The van der Waals surface area contributed by atoms with Gasteiger partial charge in [-0.15, -0.1) is 11.3 Å². The number of aryl methyl sites for hydroxylation is 1. The van der Waals surface area contributed by atoms with E-state index in [1.54, 1.807) is 11.3 Å². The average molecular weight is 318 g/mol. The lowest BCUT2D eigenvalue weighted by Gasteiger charge is -2.35. The molecular weight excluding hydrogens is 296 g/mol. The Morgan fingerprint density at radius 1 is 1.50 bits per heavy atom. The molecule has 3 heterocycles. The van der Waals surface area contributed by atoms with E-state index in [-0.39, 0.29) is 5.91 Å². The molecule has 1 aliphatic rings. The molecule has 1 fully saturated rings. The zero-order valence-electron chi connectivity index (χ0n) is 12.9. The molecule has 0 bridgehead atoms. The van der Waals surface area contributed by atoms with E-state index < -0.39 is 0 Å². The molecule has 0 aliphatic carbocycles. The third-order valence-corrected chi connectivity index (χ3v) is 5.22. The molecule has 22 heavy (non-hydrogen) atoms. The zero-order chi connectivity index (χ0) is 15.5. The van der Waals surface area contributed by atoms with E-state index >= 15 is 0 Å². The summed E-state index contributed by atoms with van der Waals surface area (Å²) in [5.74, 6) is 0.813. The number of primary amides is 1. The van der Waals surface area contributed by atoms with Crippen molar-refractivity contribution >= 4 is 17.2 Å². The predicted molar refractivity (Wildman–Crippen MR) is 87.7 cm³/mol. The van der Waals surface area contributed by atoms with Crippen LogP contribution in [0.25, 0.3) is 0 Å². The maximum atomic E-state index is 11.2. The molecule has 5 nitrogen and oxygen atoms in total. The number of hydrogen-bond donors (Lipinski definition) is 1. The van der Waals surface area contributed by atoms with Crippen molar-refractivity contribution in [1.29, 1.82) is 0 Å². The van der Waals surface area contributed by atoms with Gasteiger partial charge in [0.2, 0.25) is 5.91 Å². The van der Waals surface area contributed by atoms with Crippen LogP contribution in [0.1, 0.15) is 53.3 Å². The van der Waals surface area contributed by atoms with Gasteiger partial charge in [-0.2, -0.15) is 0 Å². The lowest BCUT2D eigenvalue weighted by Crippen LogP contribution is -2.34. The Morgan fingerprint density at radius 2 is 2.36 bits per heavy atom. The van der Waals surface area contributed by atoms with E-state index in [0.29, 0.717) is 11.6 Å². The van der Waals surface area contributed by atoms with E-state index in [0.717, 1.165) is 31.9 Å². The molecule has 1 amide bonds. The quantitative estimate of drug-likeness (QED) is 0.922. The molecule has 1 aliphatic heterocycles. The summed E-state index contributed by atoms with van der Waals surface area (Å²) >= 11 is 1.61. The summed E-state index contributed by atoms with van der Waals surface area (Å²) in [6.45, 7) is 5.03. The number of aromatic nitrogens is 2. The van der Waals surface area contributed by atoms with Crippen LogP contribution in [0.4, 0.5) is 0 Å². The van der Waals surface area contributed by atoms with Crippen LogP contribution in [0.2, 0.25) is 0 Å². The van der Waals surface area contributed by atoms with Crippen molar-refractivity contribution in [1.82, 2.24) is 14.5 Å². The minimum Gasteiger partial charge on any atom is -0.366 e. The van der Waals surface area contributed by atoms with E-state index in [9.17, 15) is 4.79 Å². The summed E-state index contributed by atoms with van der Waals surface area (Å²) in [7, 11) is 0. The van der Waals surface area contributed by atoms with Gasteiger partial charge in [-0.1, -0.05) is 6.42 Å². The highest BCUT2D eigenvalue weighted by molar-refractivity contribution is 7.10. The van der Waals surface area contributed by atoms with E-state index in [1.807, 2.05) is 17.6 Å². The summed E-state index contributed by atoms with van der Waals surface area (Å²) in [6, 6.07) is 2.29. The van der Waals surface area contributed by atoms with Gasteiger partial charge in [-0.3, -0.25) is 9.69 Å². The smallest absolute Gasteiger partial charge is 0.249 e. The molecule has 3 rings (SSSR count). The van der Waals surface area contributed by atoms with Crippen LogP contribution in [-0.4, -0.2) is 26.9 Å². The fourth-order valence-electron chi connectivity index (χ4n) is 3.15. The van der Waals surface area contributed by atoms with Gasteiger partial charge in [-0.05, 0) is 32.4 Å². The molecule has 2 aromatic heterocycles. The number of amides is 1. The van der Waals surface area contributed by atoms with Gasteiger partial charge in [-0.25, -0.2) is 4.98 Å². The van der Waals surface area contributed by atoms with E-state index in [4.69, 9.17) is 5.73 Å². The summed E-state index contributed by atoms with van der Waals surface area (Å²) in [6.07, 6.45) is 7.55. The molecule has 6 heteroatoms. The number of likely N-dealkylation sites (tertiary alicyclic amines) is 1. The number of rotatable bonds is 5. The molecule has 0 saturated carbocycles. The van der Waals surface area contributed by atoms with Crippen molar-refractivity contribution in [3.8, 4) is 0 Å². The van der Waals surface area contributed by atoms with E-state index in [1.165, 1.54) is 17.7 Å². The second-order valence-corrected chi connectivity index (χ2v) is 6.72. The second kappa shape index (κ2) is 6.62. The minimum absolute atomic E-state index is 0.348. The molecule has 2 aromatic rings. The summed E-state index contributed by atoms with van der Waals surface area (Å²) < 4.78 is 2.23. The van der Waals surface area contributed by atoms with Crippen molar-refractivity contribution in [2.75, 3.05) is 6.54 Å². The number of hydrogen-bond acceptors (Lipinski definition) is 4. The van der Waals surface area contributed by atoms with E-state index in [2.05, 4.69) is 27.6 Å². The summed E-state index contributed by atoms with van der Waals surface area (Å²) in [4.78, 5) is 19.5. The van der Waals surface area contributed by atoms with Crippen LogP contribution in [0.3, 0.4) is 0 Å². The van der Waals surface area contributed by atoms with Crippen molar-refractivity contribution < 1.29 is 4.79 Å². The Kier molecular flexibility index (Phi) is 4.59. The van der Waals surface area contributed by atoms with Crippen molar-refractivity contribution in [2.24, 2.45) is 5.73 Å². The maximum Gasteiger partial charge on any atom is 0.249 e. The first-order valence-electron chi connectivity index (χ1n) is 7.81. The van der Waals surface area contributed by atoms with Gasteiger partial charge in [0, 0.05) is 35.7 Å². The third kappa shape index (κ3) is 3.08. The topological polar surface area (TPSA) is 64.2 Å². The first-order chi connectivity index (χ1) is 10.7. The zero-order valence-corrected chi connectivity index (χ0v) is 13.7. The van der Waals surface area contributed by atoms with Crippen LogP contribution < -0.4 is 5.73 Å². The second-order valence-electron chi connectivity index (χ2n) is 5.72. The van der Waals surface area contributed by atoms with Crippen LogP contribution >= 0.6 is 11.3 Å². The lowest BCUT2D eigenvalue weighted by molar-refractivity contribution is 0.100. The highest BCUT2D eigenvalue weighted by atomic mass is 32.1. The number of imidazole rings is 1. The number of carbonyl (C=O) groups is 1. The standard InChI is InChI=1S/C16H22N4OS/c1-2-19-8-6-18-16(19)14-5-3-4-7-20(14)10-13-9-12(11-22-13)15(17)21/h6,8-9,11,14H,2-5,7,10H2,1H3,(H2,17,21). The van der Waals surface area contributed by atoms with Gasteiger partial charge >= 0.3 is 0 Å². The fraction of sp³-hybridized carbons (Fsp3) is 0.500. The molecular formula is C16H22N4OS. The van der Waals surface area contributed by atoms with Crippen LogP contribution in [0.5, 0.6) is 0 Å². The predicted octanol–water partition coefficient (Wildman–Crippen LogP) is 2.79. The maximum absolute atomic E-state index is 11.2. The van der Waals surface area contributed by atoms with Gasteiger partial charge in [0.1, 0.15) is 5.82 Å². The molecule has 118 valence electrons. The third-order valence-electron chi connectivity index (χ3n) is 4.30. The minimum atomic E-state index is -0.348. The number of carbonyl (C=O) groups excluding carboxylic acids is 1. The monoisotopic (exact) mass is 318 g/mol. The molecule has 1 unspecified atom stereocenters. The van der Waals surface area contributed by atoms with Gasteiger partial charge in [0.15, 0.2) is 0 Å². The summed E-state index contributed by atoms with van der Waals surface area (Å²) in [5.41, 5.74) is 5.96. The first-order valence-corrected chi connectivity index (χ1v) is 8.69. The van der Waals surface area contributed by atoms with Crippen LogP contribution in [0, 0.1) is 0 Å². The Bertz CT molecular complexity index is 648. The Balaban J connectivity index is 1.79. The first kappa shape index (κ1) is 15.2. The SMILES string of the molecule is CCn1ccnc1C1CCCCN1Cc1cc(C(N)=O)cs1. The number of thiophene rings is 1. The normalized spacial score (nSPS) is 19.4. The Hall–Kier alpha value is -1.66. The largest absolute Gasteiger partial charge is 0.366 e. The number of piperidine rings is 1. The van der Waals surface area contributed by atoms with Gasteiger partial charge < -0.3 is 10.3 Å². The van der Waals surface area contributed by atoms with Crippen molar-refractivity contribution in [3.05, 3.63) is 40.1 Å². The van der Waals surface area contributed by atoms with Crippen molar-refractivity contribution in [3.63, 3.8) is 0 Å². The molecule has 0 aromatic carbocycles. The van der Waals surface area contributed by atoms with Crippen molar-refractivity contribution in [2.45, 2.75) is 45.3 Å². The Morgan fingerprint density at radius 3 is 3.09 bits per heavy atom. The lowest BCUT2D eigenvalue weighted by atomic mass is 10.0. The average Bonchev–Trinajstić information content (AvgIpc) is 3.16. The highest BCUT2D eigenvalue weighted by Crippen LogP contribution is 2.32. The van der Waals surface area contributed by atoms with Crippen LogP contribution in [0.15, 0.2) is 23.8 Å². The summed E-state index contributed by atoms with van der Waals surface area (Å²) in [5, 5.41) is 1.85. The Labute approximate surface area is 134 Å². The highest BCUT2D eigenvalue weighted by Gasteiger charge is 2.27. The number of nitrogens with two attached hydrogens (primary N) is 1. The molecule has 0 radical (unpaired) electrons. The number of nitrogens with zero attached hydrogens (tertiary/aromatic N) is 3. The van der Waals surface area contributed by atoms with Gasteiger partial charge in [0.25, 0.3) is 0 Å². The van der Waals surface area contributed by atoms with Gasteiger partial charge in [0.05, 0.1) is 11.6 Å². The molecule has 0 spiro atoms. The fourth-order valence-corrected chi connectivity index (χ4v) is 4.05. The van der Waals surface area contributed by atoms with Crippen LogP contribution in [-0.2, 0) is 13.1 Å². The molecule has 1 saturated heterocycles. The molecule has 1 atom stereocenters.